The summed E-state index contributed by atoms with van der Waals surface area (Å²) in [5.74, 6) is -0.188. The van der Waals surface area contributed by atoms with Gasteiger partial charge >= 0.3 is 5.97 Å². The molecule has 0 fully saturated rings. The zero-order valence-electron chi connectivity index (χ0n) is 9.56. The molecule has 16 heavy (non-hydrogen) atoms. The van der Waals surface area contributed by atoms with Gasteiger partial charge in [0.15, 0.2) is 0 Å². The number of benzene rings is 1. The number of ether oxygens (including phenoxy) is 1. The average Bonchev–Trinajstić information content (AvgIpc) is 2.56. The number of rotatable bonds is 3. The van der Waals surface area contributed by atoms with Crippen LogP contribution in [0.2, 0.25) is 0 Å². The van der Waals surface area contributed by atoms with E-state index in [0.717, 1.165) is 16.6 Å². The van der Waals surface area contributed by atoms with Crippen molar-refractivity contribution in [2.24, 2.45) is 0 Å². The SMILES string of the molecule is CCOC(=O)Cn1c(C)cc2ccccc21. The van der Waals surface area contributed by atoms with E-state index in [2.05, 4.69) is 6.07 Å². The molecule has 0 saturated carbocycles. The molecule has 0 N–H and O–H groups in total. The van der Waals surface area contributed by atoms with E-state index in [9.17, 15) is 4.79 Å². The number of aryl methyl sites for hydroxylation is 1. The standard InChI is InChI=1S/C13H15NO2/c1-3-16-13(15)9-14-10(2)8-11-6-4-5-7-12(11)14/h4-8H,3,9H2,1-2H3. The van der Waals surface area contributed by atoms with Crippen LogP contribution < -0.4 is 0 Å². The lowest BCUT2D eigenvalue weighted by Crippen LogP contribution is -2.14. The molecule has 0 bridgehead atoms. The van der Waals surface area contributed by atoms with E-state index >= 15 is 0 Å². The summed E-state index contributed by atoms with van der Waals surface area (Å²) in [5.41, 5.74) is 2.15. The number of nitrogens with zero attached hydrogens (tertiary/aromatic N) is 1. The number of para-hydroxylation sites is 1. The van der Waals surface area contributed by atoms with Crippen molar-refractivity contribution in [2.75, 3.05) is 6.61 Å². The molecule has 0 saturated heterocycles. The van der Waals surface area contributed by atoms with Gasteiger partial charge in [0.05, 0.1) is 6.61 Å². The minimum absolute atomic E-state index is 0.188. The minimum Gasteiger partial charge on any atom is -0.465 e. The van der Waals surface area contributed by atoms with Gasteiger partial charge in [-0.2, -0.15) is 0 Å². The fourth-order valence-corrected chi connectivity index (χ4v) is 1.89. The van der Waals surface area contributed by atoms with Gasteiger partial charge in [0.1, 0.15) is 6.54 Å². The number of esters is 1. The molecule has 0 amide bonds. The quantitative estimate of drug-likeness (QED) is 0.740. The second kappa shape index (κ2) is 4.39. The highest BCUT2D eigenvalue weighted by Crippen LogP contribution is 2.18. The second-order valence-corrected chi connectivity index (χ2v) is 3.74. The molecule has 0 aliphatic heterocycles. The highest BCUT2D eigenvalue weighted by Gasteiger charge is 2.09. The molecule has 3 heteroatoms. The average molecular weight is 217 g/mol. The summed E-state index contributed by atoms with van der Waals surface area (Å²) in [6, 6.07) is 10.1. The Hall–Kier alpha value is -1.77. The third-order valence-corrected chi connectivity index (χ3v) is 2.61. The van der Waals surface area contributed by atoms with Gasteiger partial charge in [-0.05, 0) is 31.4 Å². The Balaban J connectivity index is 2.36. The Kier molecular flexibility index (Phi) is 2.95. The van der Waals surface area contributed by atoms with Gasteiger partial charge in [0.2, 0.25) is 0 Å². The first-order valence-electron chi connectivity index (χ1n) is 5.43. The normalized spacial score (nSPS) is 10.6. The first kappa shape index (κ1) is 10.7. The summed E-state index contributed by atoms with van der Waals surface area (Å²) in [6.45, 7) is 4.53. The number of carbonyl (C=O) groups excluding carboxylic acids is 1. The van der Waals surface area contributed by atoms with Crippen LogP contribution in [0.4, 0.5) is 0 Å². The Morgan fingerprint density at radius 2 is 2.12 bits per heavy atom. The molecule has 2 aromatic rings. The summed E-state index contributed by atoms with van der Waals surface area (Å²) in [4.78, 5) is 11.5. The van der Waals surface area contributed by atoms with Gasteiger partial charge in [-0.1, -0.05) is 18.2 Å². The minimum atomic E-state index is -0.188. The third kappa shape index (κ3) is 1.94. The number of carbonyl (C=O) groups is 1. The van der Waals surface area contributed by atoms with Crippen LogP contribution in [0.25, 0.3) is 10.9 Å². The summed E-state index contributed by atoms with van der Waals surface area (Å²) in [7, 11) is 0. The lowest BCUT2D eigenvalue weighted by atomic mass is 10.2. The van der Waals surface area contributed by atoms with E-state index < -0.39 is 0 Å². The molecule has 3 nitrogen and oxygen atoms in total. The molecular formula is C13H15NO2. The van der Waals surface area contributed by atoms with Crippen molar-refractivity contribution in [3.8, 4) is 0 Å². The van der Waals surface area contributed by atoms with Crippen LogP contribution in [0.3, 0.4) is 0 Å². The zero-order valence-corrected chi connectivity index (χ0v) is 9.56. The fourth-order valence-electron chi connectivity index (χ4n) is 1.89. The van der Waals surface area contributed by atoms with Gasteiger partial charge in [0, 0.05) is 11.2 Å². The summed E-state index contributed by atoms with van der Waals surface area (Å²) in [5, 5.41) is 1.16. The summed E-state index contributed by atoms with van der Waals surface area (Å²) >= 11 is 0. The Labute approximate surface area is 94.6 Å². The van der Waals surface area contributed by atoms with Gasteiger partial charge in [0.25, 0.3) is 0 Å². The molecule has 0 aliphatic carbocycles. The highest BCUT2D eigenvalue weighted by atomic mass is 16.5. The van der Waals surface area contributed by atoms with Crippen molar-refractivity contribution in [1.82, 2.24) is 4.57 Å². The van der Waals surface area contributed by atoms with Crippen molar-refractivity contribution in [3.05, 3.63) is 36.0 Å². The second-order valence-electron chi connectivity index (χ2n) is 3.74. The molecule has 0 radical (unpaired) electrons. The van der Waals surface area contributed by atoms with E-state index in [1.807, 2.05) is 42.7 Å². The van der Waals surface area contributed by atoms with E-state index in [-0.39, 0.29) is 12.5 Å². The number of hydrogen-bond donors (Lipinski definition) is 0. The number of aromatic nitrogens is 1. The van der Waals surface area contributed by atoms with Crippen LogP contribution in [0.1, 0.15) is 12.6 Å². The van der Waals surface area contributed by atoms with Crippen LogP contribution in [0, 0.1) is 6.92 Å². The Morgan fingerprint density at radius 3 is 2.88 bits per heavy atom. The lowest BCUT2D eigenvalue weighted by molar-refractivity contribution is -0.143. The Bertz CT molecular complexity index is 514. The van der Waals surface area contributed by atoms with Crippen LogP contribution >= 0.6 is 0 Å². The van der Waals surface area contributed by atoms with E-state index in [0.29, 0.717) is 6.61 Å². The Morgan fingerprint density at radius 1 is 1.38 bits per heavy atom. The highest BCUT2D eigenvalue weighted by molar-refractivity contribution is 5.83. The van der Waals surface area contributed by atoms with Gasteiger partial charge in [-0.3, -0.25) is 4.79 Å². The van der Waals surface area contributed by atoms with Gasteiger partial charge in [-0.15, -0.1) is 0 Å². The van der Waals surface area contributed by atoms with E-state index in [4.69, 9.17) is 4.74 Å². The topological polar surface area (TPSA) is 31.2 Å². The summed E-state index contributed by atoms with van der Waals surface area (Å²) < 4.78 is 6.94. The molecule has 2 rings (SSSR count). The van der Waals surface area contributed by atoms with Crippen LogP contribution in [-0.2, 0) is 16.1 Å². The molecular weight excluding hydrogens is 202 g/mol. The molecule has 0 atom stereocenters. The predicted molar refractivity (Wildman–Crippen MR) is 63.3 cm³/mol. The van der Waals surface area contributed by atoms with Crippen LogP contribution in [0.15, 0.2) is 30.3 Å². The monoisotopic (exact) mass is 217 g/mol. The first-order valence-corrected chi connectivity index (χ1v) is 5.43. The maximum atomic E-state index is 11.5. The van der Waals surface area contributed by atoms with Crippen molar-refractivity contribution < 1.29 is 9.53 Å². The van der Waals surface area contributed by atoms with E-state index in [1.54, 1.807) is 0 Å². The predicted octanol–water partition coefficient (Wildman–Crippen LogP) is 2.51. The van der Waals surface area contributed by atoms with Crippen molar-refractivity contribution >= 4 is 16.9 Å². The maximum absolute atomic E-state index is 11.5. The van der Waals surface area contributed by atoms with Crippen molar-refractivity contribution in [2.45, 2.75) is 20.4 Å². The fraction of sp³-hybridized carbons (Fsp3) is 0.308. The van der Waals surface area contributed by atoms with Crippen LogP contribution in [-0.4, -0.2) is 17.1 Å². The zero-order chi connectivity index (χ0) is 11.5. The smallest absolute Gasteiger partial charge is 0.325 e. The van der Waals surface area contributed by atoms with Gasteiger partial charge in [-0.25, -0.2) is 0 Å². The first-order chi connectivity index (χ1) is 7.72. The van der Waals surface area contributed by atoms with Crippen molar-refractivity contribution in [1.29, 1.82) is 0 Å². The van der Waals surface area contributed by atoms with Crippen molar-refractivity contribution in [3.63, 3.8) is 0 Å². The largest absolute Gasteiger partial charge is 0.465 e. The summed E-state index contributed by atoms with van der Waals surface area (Å²) in [6.07, 6.45) is 0. The van der Waals surface area contributed by atoms with E-state index in [1.165, 1.54) is 0 Å². The van der Waals surface area contributed by atoms with Crippen LogP contribution in [0.5, 0.6) is 0 Å². The number of fused-ring (bicyclic) bond motifs is 1. The maximum Gasteiger partial charge on any atom is 0.325 e. The third-order valence-electron chi connectivity index (χ3n) is 2.61. The van der Waals surface area contributed by atoms with Gasteiger partial charge < -0.3 is 9.30 Å². The molecule has 0 unspecified atom stereocenters. The molecule has 0 aliphatic rings. The molecule has 1 aromatic carbocycles. The molecule has 1 heterocycles. The number of hydrogen-bond acceptors (Lipinski definition) is 2. The molecule has 0 spiro atoms. The molecule has 84 valence electrons. The molecule has 1 aromatic heterocycles. The lowest BCUT2D eigenvalue weighted by Gasteiger charge is -2.07.